The molecule has 0 radical (unpaired) electrons. The predicted octanol–water partition coefficient (Wildman–Crippen LogP) is 16.6. The highest BCUT2D eigenvalue weighted by Crippen LogP contribution is 2.44. The van der Waals surface area contributed by atoms with Gasteiger partial charge < -0.3 is 24.4 Å². The van der Waals surface area contributed by atoms with Crippen molar-refractivity contribution in [2.75, 3.05) is 0 Å². The minimum absolute atomic E-state index is 0.577. The summed E-state index contributed by atoms with van der Waals surface area (Å²) in [6.07, 6.45) is 18.3. The van der Waals surface area contributed by atoms with Crippen LogP contribution in [0.3, 0.4) is 0 Å². The Balaban J connectivity index is 0.000000137. The van der Waals surface area contributed by atoms with Crippen molar-refractivity contribution in [3.05, 3.63) is 139 Å². The van der Waals surface area contributed by atoms with Gasteiger partial charge in [0.25, 0.3) is 0 Å². The van der Waals surface area contributed by atoms with Gasteiger partial charge in [0.15, 0.2) is 14.1 Å². The Morgan fingerprint density at radius 1 is 0.625 bits per heavy atom. The molecule has 0 unspecified atom stereocenters. The molecule has 0 saturated carbocycles. The first-order valence-electron chi connectivity index (χ1n) is 19.7. The van der Waals surface area contributed by atoms with E-state index in [-0.39, 0.29) is 0 Å². The molecule has 10 heterocycles. The molecular weight excluding hydrogens is 1400 g/mol. The number of fused-ring (bicyclic) bond motifs is 5. The quantitative estimate of drug-likeness (QED) is 0.0785. The van der Waals surface area contributed by atoms with Crippen molar-refractivity contribution < 1.29 is 5.21 Å². The summed E-state index contributed by atoms with van der Waals surface area (Å²) < 4.78 is 10.8. The van der Waals surface area contributed by atoms with Crippen molar-refractivity contribution in [1.29, 1.82) is 0 Å². The topological polar surface area (TPSA) is 142 Å². The first-order valence-corrected chi connectivity index (χ1v) is 28.4. The van der Waals surface area contributed by atoms with E-state index >= 15 is 0 Å². The summed E-state index contributed by atoms with van der Waals surface area (Å²) in [6, 6.07) is 13.9. The van der Waals surface area contributed by atoms with Gasteiger partial charge in [-0.1, -0.05) is 53.1 Å². The second-order valence-electron chi connectivity index (χ2n) is 15.3. The number of aromatic amines is 3. The van der Waals surface area contributed by atoms with Crippen LogP contribution in [0.25, 0.3) is 55.5 Å². The highest BCUT2D eigenvalue weighted by atomic mass is 127. The van der Waals surface area contributed by atoms with Gasteiger partial charge in [0, 0.05) is 102 Å². The normalized spacial score (nSPS) is 11.5. The van der Waals surface area contributed by atoms with Crippen LogP contribution in [0, 0.1) is 7.14 Å². The van der Waals surface area contributed by atoms with Crippen LogP contribution in [0.2, 0.25) is 21.6 Å². The van der Waals surface area contributed by atoms with Crippen LogP contribution >= 0.6 is 136 Å². The number of rotatable bonds is 4. The summed E-state index contributed by atoms with van der Waals surface area (Å²) in [6.45, 7) is 14.3. The number of hydrogen-bond acceptors (Lipinski definition) is 6. The van der Waals surface area contributed by atoms with Gasteiger partial charge >= 0.3 is 0 Å². The zero-order valence-corrected chi connectivity index (χ0v) is 49.1. The molecule has 2 aliphatic rings. The molecule has 0 fully saturated rings. The fourth-order valence-corrected chi connectivity index (χ4v) is 17.6. The average molecular weight is 1440 g/mol. The first kappa shape index (κ1) is 51.0. The third kappa shape index (κ3) is 11.3. The second kappa shape index (κ2) is 22.6. The highest BCUT2D eigenvalue weighted by molar-refractivity contribution is 14.1. The molecule has 2 aliphatic heterocycles. The van der Waals surface area contributed by atoms with E-state index in [0.717, 1.165) is 66.0 Å². The van der Waals surface area contributed by atoms with Crippen LogP contribution in [0.5, 0.6) is 0 Å². The summed E-state index contributed by atoms with van der Waals surface area (Å²) in [4.78, 5) is 30.2. The Hall–Kier alpha value is -2.38. The first-order chi connectivity index (χ1) is 30.4. The highest BCUT2D eigenvalue weighted by Gasteiger charge is 2.46. The van der Waals surface area contributed by atoms with Gasteiger partial charge in [0.05, 0.1) is 15.7 Å². The molecule has 10 rings (SSSR count). The molecule has 0 atom stereocenters. The molecule has 0 spiro atoms. The van der Waals surface area contributed by atoms with Gasteiger partial charge in [0.1, 0.15) is 22.6 Å². The summed E-state index contributed by atoms with van der Waals surface area (Å²) >= 11 is 27.6. The summed E-state index contributed by atoms with van der Waals surface area (Å²) in [7, 11) is -1.72. The van der Waals surface area contributed by atoms with Crippen molar-refractivity contribution in [3.63, 3.8) is 0 Å². The van der Waals surface area contributed by atoms with Gasteiger partial charge in [-0.05, 0) is 190 Å². The number of nitrogens with zero attached hydrogens (tertiary/aromatic N) is 7. The number of halogens is 8. The smallest absolute Gasteiger partial charge is 0.175 e. The lowest BCUT2D eigenvalue weighted by atomic mass is 10.3. The Kier molecular flexibility index (Phi) is 18.0. The number of pyridine rings is 5. The third-order valence-corrected chi connectivity index (χ3v) is 24.4. The molecule has 8 aromatic rings. The summed E-state index contributed by atoms with van der Waals surface area (Å²) in [5.74, 6) is 0.577. The van der Waals surface area contributed by atoms with E-state index in [1.54, 1.807) is 31.0 Å². The minimum atomic E-state index is -1.72. The maximum Gasteiger partial charge on any atom is 0.175 e. The molecular formula is C44H42Br5ClI2N10OSi. The van der Waals surface area contributed by atoms with E-state index in [9.17, 15) is 5.21 Å². The molecule has 0 aliphatic carbocycles. The van der Waals surface area contributed by atoms with Crippen molar-refractivity contribution in [1.82, 2.24) is 48.8 Å². The van der Waals surface area contributed by atoms with Crippen LogP contribution in [0.15, 0.2) is 127 Å². The Morgan fingerprint density at radius 3 is 1.83 bits per heavy atom. The minimum Gasteiger partial charge on any atom is -0.427 e. The van der Waals surface area contributed by atoms with Crippen LogP contribution in [0.1, 0.15) is 41.5 Å². The molecule has 8 aromatic heterocycles. The summed E-state index contributed by atoms with van der Waals surface area (Å²) in [5.41, 5.74) is 6.80. The van der Waals surface area contributed by atoms with E-state index in [0.29, 0.717) is 27.5 Å². The monoisotopic (exact) mass is 1440 g/mol. The van der Waals surface area contributed by atoms with Crippen molar-refractivity contribution in [2.45, 2.75) is 58.2 Å². The Bertz CT molecular complexity index is 3010. The Labute approximate surface area is 446 Å². The lowest BCUT2D eigenvalue weighted by molar-refractivity contribution is 0.186. The zero-order chi connectivity index (χ0) is 46.5. The van der Waals surface area contributed by atoms with Crippen molar-refractivity contribution in [3.8, 4) is 11.4 Å². The van der Waals surface area contributed by atoms with Crippen molar-refractivity contribution >= 4 is 189 Å². The van der Waals surface area contributed by atoms with Gasteiger partial charge in [-0.15, -0.1) is 0 Å². The van der Waals surface area contributed by atoms with Gasteiger partial charge in [-0.3, -0.25) is 0 Å². The van der Waals surface area contributed by atoms with Crippen LogP contribution < -0.4 is 0 Å². The molecule has 334 valence electrons. The van der Waals surface area contributed by atoms with E-state index < -0.39 is 8.24 Å². The van der Waals surface area contributed by atoms with Gasteiger partial charge in [-0.25, -0.2) is 24.9 Å². The van der Waals surface area contributed by atoms with Crippen molar-refractivity contribution in [2.24, 2.45) is 0 Å². The second-order valence-corrected chi connectivity index (χ2v) is 28.0. The lowest BCUT2D eigenvalue weighted by Crippen LogP contribution is -2.51. The maximum atomic E-state index is 9.27. The van der Waals surface area contributed by atoms with E-state index in [1.165, 1.54) is 17.9 Å². The standard InChI is InChI=1S/C16H24BrIN2Si.C7H4BrClN2.C7H4BrIN2.C7H5BrN2O.C7H5BrN2/c1-10(2)21(11(3)4,12(5)6)20-8-7-13-15(18)14(17)9-19-16(13)20;2*8-5-3-11-7-4(6(5)9)1-2-10-7;8-6-3-5-1-2-9-7(5)10(11)4-6;8-6-3-5-1-2-9-7(5)10-4-6/h7-12H,1-6H3;2*1-3H,(H,10,11);1-4,11H;1-4H,(H,9,10). The third-order valence-electron chi connectivity index (χ3n) is 10.6. The fourth-order valence-electron chi connectivity index (χ4n) is 8.00. The molecule has 11 nitrogen and oxygen atoms in total. The molecule has 64 heavy (non-hydrogen) atoms. The number of aromatic nitrogens is 10. The fraction of sp³-hybridized carbons (Fsp3) is 0.205. The maximum absolute atomic E-state index is 9.27. The van der Waals surface area contributed by atoms with E-state index in [4.69, 9.17) is 16.6 Å². The van der Waals surface area contributed by atoms with Gasteiger partial charge in [0.2, 0.25) is 0 Å². The largest absolute Gasteiger partial charge is 0.427 e. The molecule has 0 saturated heterocycles. The van der Waals surface area contributed by atoms with Crippen LogP contribution in [0.4, 0.5) is 0 Å². The Morgan fingerprint density at radius 2 is 1.17 bits per heavy atom. The van der Waals surface area contributed by atoms with Crippen LogP contribution in [-0.2, 0) is 0 Å². The van der Waals surface area contributed by atoms with E-state index in [1.807, 2.05) is 61.2 Å². The number of nitrogens with one attached hydrogen (secondary N) is 3. The average Bonchev–Trinajstić information content (AvgIpc) is 4.11. The molecule has 4 N–H and O–H groups in total. The predicted molar refractivity (Wildman–Crippen MR) is 299 cm³/mol. The SMILES string of the molecule is Brc1cnc2[nH]ccc2c1.Brc1cnc2[nH]ccc2c1I.CC(C)[Si](C(C)C)(C(C)C)n1ccc2c(I)c(Br)cnc21.Clc1c(Br)cnc2[nH]ccc12.On1cc(Br)cc2ccnc1-2. The molecule has 0 bridgehead atoms. The van der Waals surface area contributed by atoms with Gasteiger partial charge in [-0.2, -0.15) is 4.73 Å². The zero-order valence-electron chi connectivity index (χ0n) is 35.1. The number of H-pyrrole nitrogens is 3. The molecule has 0 amide bonds. The molecule has 20 heteroatoms. The van der Waals surface area contributed by atoms with E-state index in [2.05, 4.69) is 218 Å². The number of hydrogen-bond donors (Lipinski definition) is 4. The van der Waals surface area contributed by atoms with Crippen LogP contribution in [-0.4, -0.2) is 62.3 Å². The lowest BCUT2D eigenvalue weighted by Gasteiger charge is -2.44. The summed E-state index contributed by atoms with van der Waals surface area (Å²) in [5, 5.41) is 14.5. The molecule has 0 aromatic carbocycles.